The van der Waals surface area contributed by atoms with Crippen LogP contribution < -0.4 is 4.90 Å². The molecule has 4 rings (SSSR count). The van der Waals surface area contributed by atoms with Crippen LogP contribution in [0.15, 0.2) is 47.5 Å². The lowest BCUT2D eigenvalue weighted by atomic mass is 10.1. The lowest BCUT2D eigenvalue weighted by Crippen LogP contribution is -2.40. The summed E-state index contributed by atoms with van der Waals surface area (Å²) in [5, 5.41) is 2.38. The number of nitrogens with zero attached hydrogens (tertiary/aromatic N) is 2. The Morgan fingerprint density at radius 2 is 1.84 bits per heavy atom. The third-order valence-electron chi connectivity index (χ3n) is 4.22. The summed E-state index contributed by atoms with van der Waals surface area (Å²) in [4.78, 5) is 30.2. The van der Waals surface area contributed by atoms with Crippen LogP contribution in [-0.4, -0.2) is 43.0 Å². The van der Waals surface area contributed by atoms with Gasteiger partial charge < -0.3 is 9.64 Å². The Labute approximate surface area is 154 Å². The van der Waals surface area contributed by atoms with Gasteiger partial charge >= 0.3 is 0 Å². The number of thiophene rings is 1. The monoisotopic (exact) mass is 374 g/mol. The molecule has 2 aromatic rings. The van der Waals surface area contributed by atoms with E-state index >= 15 is 0 Å². The molecule has 0 aliphatic carbocycles. The molecule has 0 N–H and O–H groups in total. The summed E-state index contributed by atoms with van der Waals surface area (Å²) in [7, 11) is 0. The molecule has 7 heteroatoms. The van der Waals surface area contributed by atoms with E-state index in [2.05, 4.69) is 0 Å². The number of hydrogen-bond donors (Lipinski definition) is 0. The third-order valence-corrected chi connectivity index (χ3v) is 5.34. The summed E-state index contributed by atoms with van der Waals surface area (Å²) in [5.41, 5.74) is 1.40. The number of halogens is 1. The quantitative estimate of drug-likeness (QED) is 0.775. The summed E-state index contributed by atoms with van der Waals surface area (Å²) in [5.74, 6) is -0.617. The minimum Gasteiger partial charge on any atom is -0.378 e. The molecule has 0 radical (unpaired) electrons. The molecule has 1 saturated heterocycles. The molecule has 3 heterocycles. The number of carbonyl (C=O) groups excluding carboxylic acids is 2. The van der Waals surface area contributed by atoms with Crippen molar-refractivity contribution in [1.29, 1.82) is 0 Å². The maximum atomic E-state index is 13.2. The van der Waals surface area contributed by atoms with Gasteiger partial charge in [0, 0.05) is 23.0 Å². The number of hydrogen-bond acceptors (Lipinski definition) is 5. The molecular weight excluding hydrogens is 360 g/mol. The first-order valence-corrected chi connectivity index (χ1v) is 9.18. The molecule has 1 aromatic heterocycles. The SMILES string of the molecule is O=C1C(c2cccs2)=C(N2CCOCC2)C(=O)N1c1cccc(Cl)c1. The molecule has 5 nitrogen and oxygen atoms in total. The second-order valence-corrected chi connectivity index (χ2v) is 7.11. The fraction of sp³-hybridized carbons (Fsp3) is 0.222. The largest absolute Gasteiger partial charge is 0.378 e. The number of rotatable bonds is 3. The van der Waals surface area contributed by atoms with Gasteiger partial charge in [-0.3, -0.25) is 9.59 Å². The lowest BCUT2D eigenvalue weighted by Gasteiger charge is -2.29. The topological polar surface area (TPSA) is 49.9 Å². The predicted molar refractivity (Wildman–Crippen MR) is 97.6 cm³/mol. The second-order valence-electron chi connectivity index (χ2n) is 5.73. The molecule has 2 amide bonds. The zero-order valence-corrected chi connectivity index (χ0v) is 14.8. The normalized spacial score (nSPS) is 18.4. The molecule has 2 aliphatic rings. The van der Waals surface area contributed by atoms with Gasteiger partial charge in [-0.2, -0.15) is 0 Å². The molecule has 0 atom stereocenters. The van der Waals surface area contributed by atoms with Crippen LogP contribution in [0.2, 0.25) is 5.02 Å². The smallest absolute Gasteiger partial charge is 0.282 e. The average Bonchev–Trinajstić information content (AvgIpc) is 3.22. The molecule has 0 spiro atoms. The summed E-state index contributed by atoms with van der Waals surface area (Å²) < 4.78 is 5.39. The highest BCUT2D eigenvalue weighted by Gasteiger charge is 2.43. The van der Waals surface area contributed by atoms with Crippen LogP contribution in [0.3, 0.4) is 0 Å². The Hall–Kier alpha value is -2.15. The Morgan fingerprint density at radius 1 is 1.04 bits per heavy atom. The predicted octanol–water partition coefficient (Wildman–Crippen LogP) is 3.02. The fourth-order valence-corrected chi connectivity index (χ4v) is 4.04. The van der Waals surface area contributed by atoms with Crippen molar-refractivity contribution in [2.24, 2.45) is 0 Å². The second kappa shape index (κ2) is 6.63. The standard InChI is InChI=1S/C18H15ClN2O3S/c19-12-3-1-4-13(11-12)21-17(22)15(14-5-2-10-25-14)16(18(21)23)20-6-8-24-9-7-20/h1-5,10-11H,6-9H2. The molecule has 25 heavy (non-hydrogen) atoms. The lowest BCUT2D eigenvalue weighted by molar-refractivity contribution is -0.121. The van der Waals surface area contributed by atoms with Crippen LogP contribution in [0.4, 0.5) is 5.69 Å². The van der Waals surface area contributed by atoms with Crippen molar-refractivity contribution in [3.8, 4) is 0 Å². The minimum absolute atomic E-state index is 0.308. The fourth-order valence-electron chi connectivity index (χ4n) is 3.09. The first-order chi connectivity index (χ1) is 12.2. The molecule has 128 valence electrons. The van der Waals surface area contributed by atoms with Crippen molar-refractivity contribution in [3.63, 3.8) is 0 Å². The van der Waals surface area contributed by atoms with Crippen LogP contribution in [0, 0.1) is 0 Å². The third kappa shape index (κ3) is 2.86. The van der Waals surface area contributed by atoms with E-state index < -0.39 is 0 Å². The maximum absolute atomic E-state index is 13.2. The van der Waals surface area contributed by atoms with Gasteiger partial charge in [0.1, 0.15) is 5.70 Å². The Bertz CT molecular complexity index is 857. The number of amides is 2. The molecule has 0 saturated carbocycles. The van der Waals surface area contributed by atoms with Gasteiger partial charge in [0.15, 0.2) is 0 Å². The molecule has 1 aromatic carbocycles. The van der Waals surface area contributed by atoms with E-state index in [0.717, 1.165) is 4.88 Å². The van der Waals surface area contributed by atoms with Gasteiger partial charge in [-0.05, 0) is 29.6 Å². The van der Waals surface area contributed by atoms with Gasteiger partial charge in [0.25, 0.3) is 11.8 Å². The number of morpholine rings is 1. The van der Waals surface area contributed by atoms with E-state index in [9.17, 15) is 9.59 Å². The number of imide groups is 1. The Morgan fingerprint density at radius 3 is 2.52 bits per heavy atom. The molecule has 2 aliphatic heterocycles. The summed E-state index contributed by atoms with van der Waals surface area (Å²) in [6, 6.07) is 10.5. The van der Waals surface area contributed by atoms with E-state index in [1.54, 1.807) is 24.3 Å². The molecule has 0 unspecified atom stereocenters. The van der Waals surface area contributed by atoms with Gasteiger partial charge in [-0.15, -0.1) is 11.3 Å². The van der Waals surface area contributed by atoms with Crippen molar-refractivity contribution < 1.29 is 14.3 Å². The van der Waals surface area contributed by atoms with Crippen molar-refractivity contribution in [1.82, 2.24) is 4.90 Å². The minimum atomic E-state index is -0.309. The van der Waals surface area contributed by atoms with E-state index in [4.69, 9.17) is 16.3 Å². The average molecular weight is 375 g/mol. The van der Waals surface area contributed by atoms with Crippen LogP contribution in [0.5, 0.6) is 0 Å². The molecule has 0 bridgehead atoms. The number of ether oxygens (including phenoxy) is 1. The Kier molecular flexibility index (Phi) is 4.33. The van der Waals surface area contributed by atoms with Crippen LogP contribution in [0.1, 0.15) is 4.88 Å². The van der Waals surface area contributed by atoms with Crippen LogP contribution in [0.25, 0.3) is 5.57 Å². The van der Waals surface area contributed by atoms with Gasteiger partial charge in [-0.25, -0.2) is 4.90 Å². The number of carbonyl (C=O) groups is 2. The van der Waals surface area contributed by atoms with Crippen molar-refractivity contribution >= 4 is 46.0 Å². The van der Waals surface area contributed by atoms with Crippen LogP contribution >= 0.6 is 22.9 Å². The van der Waals surface area contributed by atoms with E-state index in [-0.39, 0.29) is 11.8 Å². The van der Waals surface area contributed by atoms with Crippen molar-refractivity contribution in [3.05, 3.63) is 57.4 Å². The highest BCUT2D eigenvalue weighted by molar-refractivity contribution is 7.11. The van der Waals surface area contributed by atoms with Gasteiger partial charge in [0.2, 0.25) is 0 Å². The van der Waals surface area contributed by atoms with E-state index in [0.29, 0.717) is 48.3 Å². The first-order valence-electron chi connectivity index (χ1n) is 7.92. The molecular formula is C18H15ClN2O3S. The first kappa shape index (κ1) is 16.3. The summed E-state index contributed by atoms with van der Waals surface area (Å²) >= 11 is 7.50. The van der Waals surface area contributed by atoms with Crippen LogP contribution in [-0.2, 0) is 14.3 Å². The van der Waals surface area contributed by atoms with Crippen molar-refractivity contribution in [2.75, 3.05) is 31.2 Å². The number of benzene rings is 1. The maximum Gasteiger partial charge on any atom is 0.282 e. The number of anilines is 1. The van der Waals surface area contributed by atoms with Crippen molar-refractivity contribution in [2.45, 2.75) is 0 Å². The van der Waals surface area contributed by atoms with Gasteiger partial charge in [-0.1, -0.05) is 23.7 Å². The molecule has 1 fully saturated rings. The van der Waals surface area contributed by atoms with E-state index in [1.807, 2.05) is 22.4 Å². The van der Waals surface area contributed by atoms with Gasteiger partial charge in [0.05, 0.1) is 24.5 Å². The van der Waals surface area contributed by atoms with E-state index in [1.165, 1.54) is 16.2 Å². The zero-order valence-electron chi connectivity index (χ0n) is 13.3. The zero-order chi connectivity index (χ0) is 17.4. The summed E-state index contributed by atoms with van der Waals surface area (Å²) in [6.45, 7) is 2.26. The Balaban J connectivity index is 1.81. The summed E-state index contributed by atoms with van der Waals surface area (Å²) in [6.07, 6.45) is 0. The highest BCUT2D eigenvalue weighted by Crippen LogP contribution is 2.37. The highest BCUT2D eigenvalue weighted by atomic mass is 35.5.